The molecule has 2 aliphatic heterocycles. The van der Waals surface area contributed by atoms with Crippen LogP contribution in [-0.2, 0) is 12.8 Å². The van der Waals surface area contributed by atoms with Gasteiger partial charge in [-0.15, -0.1) is 0 Å². The van der Waals surface area contributed by atoms with Gasteiger partial charge in [0.2, 0.25) is 0 Å². The zero-order valence-corrected chi connectivity index (χ0v) is 12.6. The molecule has 0 radical (unpaired) electrons. The summed E-state index contributed by atoms with van der Waals surface area (Å²) >= 11 is 0. The lowest BCUT2D eigenvalue weighted by Crippen LogP contribution is -2.32. The van der Waals surface area contributed by atoms with Crippen LogP contribution in [0, 0.1) is 5.41 Å². The second kappa shape index (κ2) is 4.88. The first kappa shape index (κ1) is 13.6. The van der Waals surface area contributed by atoms with E-state index in [2.05, 4.69) is 41.1 Å². The number of imidazole rings is 1. The van der Waals surface area contributed by atoms with Crippen LogP contribution in [0.3, 0.4) is 0 Å². The summed E-state index contributed by atoms with van der Waals surface area (Å²) in [4.78, 5) is 22.5. The van der Waals surface area contributed by atoms with E-state index in [4.69, 9.17) is 0 Å². The summed E-state index contributed by atoms with van der Waals surface area (Å²) in [7, 11) is 2.17. The number of nitrogens with zero attached hydrogens (tertiary/aromatic N) is 2. The Balaban J connectivity index is 1.82. The van der Waals surface area contributed by atoms with Gasteiger partial charge in [-0.05, 0) is 38.3 Å². The number of hydrogen-bond donors (Lipinski definition) is 2. The third-order valence-electron chi connectivity index (χ3n) is 4.53. The zero-order valence-electron chi connectivity index (χ0n) is 12.6. The number of carbonyl (C=O) groups excluding carboxylic acids is 1. The molecule has 3 rings (SSSR count). The molecule has 0 bridgehead atoms. The second-order valence-corrected chi connectivity index (χ2v) is 7.02. The molecule has 1 fully saturated rings. The summed E-state index contributed by atoms with van der Waals surface area (Å²) in [6.45, 7) is 6.22. The van der Waals surface area contributed by atoms with Gasteiger partial charge in [-0.3, -0.25) is 4.79 Å². The van der Waals surface area contributed by atoms with Gasteiger partial charge >= 0.3 is 0 Å². The van der Waals surface area contributed by atoms with Gasteiger partial charge in [0.1, 0.15) is 11.5 Å². The van der Waals surface area contributed by atoms with Crippen molar-refractivity contribution in [3.05, 3.63) is 17.2 Å². The Morgan fingerprint density at radius 1 is 1.45 bits per heavy atom. The van der Waals surface area contributed by atoms with E-state index in [1.807, 2.05) is 0 Å². The van der Waals surface area contributed by atoms with Crippen LogP contribution in [0.15, 0.2) is 0 Å². The molecule has 2 aliphatic rings. The Hall–Kier alpha value is -1.36. The smallest absolute Gasteiger partial charge is 0.271 e. The molecule has 1 atom stereocenters. The molecule has 110 valence electrons. The monoisotopic (exact) mass is 276 g/mol. The fraction of sp³-hybridized carbons (Fsp3) is 0.733. The Bertz CT molecular complexity index is 520. The predicted molar refractivity (Wildman–Crippen MR) is 77.8 cm³/mol. The molecule has 3 heterocycles. The first-order chi connectivity index (χ1) is 9.44. The molecule has 0 spiro atoms. The maximum Gasteiger partial charge on any atom is 0.271 e. The first-order valence-corrected chi connectivity index (χ1v) is 7.51. The van der Waals surface area contributed by atoms with Crippen molar-refractivity contribution in [2.45, 2.75) is 45.6 Å². The SMILES string of the molecule is CN1CCC[C@@H]1Cc1nc2c([nH]1)CC(C)(C)CNC2=O. The number of likely N-dealkylation sites (tertiary alicyclic amines) is 1. The van der Waals surface area contributed by atoms with Crippen molar-refractivity contribution >= 4 is 5.91 Å². The average Bonchev–Trinajstić information content (AvgIpc) is 2.92. The summed E-state index contributed by atoms with van der Waals surface area (Å²) in [6.07, 6.45) is 4.26. The molecule has 5 nitrogen and oxygen atoms in total. The molecule has 1 aromatic rings. The highest BCUT2D eigenvalue weighted by Crippen LogP contribution is 2.26. The number of rotatable bonds is 2. The predicted octanol–water partition coefficient (Wildman–Crippen LogP) is 1.36. The van der Waals surface area contributed by atoms with E-state index in [9.17, 15) is 4.79 Å². The lowest BCUT2D eigenvalue weighted by atomic mass is 9.88. The summed E-state index contributed by atoms with van der Waals surface area (Å²) in [6, 6.07) is 0.556. The molecule has 0 unspecified atom stereocenters. The van der Waals surface area contributed by atoms with Gasteiger partial charge in [0.25, 0.3) is 5.91 Å². The van der Waals surface area contributed by atoms with E-state index in [0.717, 1.165) is 24.4 Å². The molecule has 1 amide bonds. The number of aromatic amines is 1. The average molecular weight is 276 g/mol. The summed E-state index contributed by atoms with van der Waals surface area (Å²) in [5.41, 5.74) is 1.68. The van der Waals surface area contributed by atoms with Crippen molar-refractivity contribution in [2.75, 3.05) is 20.1 Å². The van der Waals surface area contributed by atoms with Crippen LogP contribution in [0.2, 0.25) is 0 Å². The second-order valence-electron chi connectivity index (χ2n) is 7.02. The fourth-order valence-corrected chi connectivity index (χ4v) is 3.28. The van der Waals surface area contributed by atoms with Crippen molar-refractivity contribution in [3.63, 3.8) is 0 Å². The van der Waals surface area contributed by atoms with E-state index >= 15 is 0 Å². The standard InChI is InChI=1S/C15H24N4O/c1-15(2)8-11-13(14(20)16-9-15)18-12(17-11)7-10-5-4-6-19(10)3/h10H,4-9H2,1-3H3,(H,16,20)(H,17,18)/t10-/m1/s1. The van der Waals surface area contributed by atoms with Gasteiger partial charge in [0, 0.05) is 24.7 Å². The maximum atomic E-state index is 12.1. The van der Waals surface area contributed by atoms with Gasteiger partial charge < -0.3 is 15.2 Å². The molecule has 1 aromatic heterocycles. The van der Waals surface area contributed by atoms with Gasteiger partial charge in [-0.25, -0.2) is 4.98 Å². The Kier molecular flexibility index (Phi) is 3.32. The highest BCUT2D eigenvalue weighted by Gasteiger charge is 2.30. The van der Waals surface area contributed by atoms with E-state index in [1.165, 1.54) is 19.4 Å². The van der Waals surface area contributed by atoms with Gasteiger partial charge in [-0.1, -0.05) is 13.8 Å². The molecule has 5 heteroatoms. The number of carbonyl (C=O) groups is 1. The van der Waals surface area contributed by atoms with Crippen LogP contribution in [-0.4, -0.2) is 47.0 Å². The molecule has 0 aromatic carbocycles. The number of likely N-dealkylation sites (N-methyl/N-ethyl adjacent to an activating group) is 1. The van der Waals surface area contributed by atoms with E-state index in [1.54, 1.807) is 0 Å². The minimum atomic E-state index is -0.0344. The van der Waals surface area contributed by atoms with Crippen LogP contribution in [0.1, 0.15) is 48.7 Å². The molecule has 20 heavy (non-hydrogen) atoms. The van der Waals surface area contributed by atoms with Gasteiger partial charge in [0.15, 0.2) is 0 Å². The van der Waals surface area contributed by atoms with E-state index in [-0.39, 0.29) is 11.3 Å². The Morgan fingerprint density at radius 3 is 2.95 bits per heavy atom. The highest BCUT2D eigenvalue weighted by atomic mass is 16.1. The van der Waals surface area contributed by atoms with Gasteiger partial charge in [-0.2, -0.15) is 0 Å². The minimum Gasteiger partial charge on any atom is -0.350 e. The molecular formula is C15H24N4O. The largest absolute Gasteiger partial charge is 0.350 e. The summed E-state index contributed by atoms with van der Waals surface area (Å²) < 4.78 is 0. The van der Waals surface area contributed by atoms with Crippen LogP contribution >= 0.6 is 0 Å². The number of fused-ring (bicyclic) bond motifs is 1. The number of nitrogens with one attached hydrogen (secondary N) is 2. The topological polar surface area (TPSA) is 61.0 Å². The zero-order chi connectivity index (χ0) is 14.3. The van der Waals surface area contributed by atoms with Crippen LogP contribution in [0.25, 0.3) is 0 Å². The number of amides is 1. The Labute approximate surface area is 120 Å². The summed E-state index contributed by atoms with van der Waals surface area (Å²) in [5, 5.41) is 2.97. The molecule has 1 saturated heterocycles. The van der Waals surface area contributed by atoms with Crippen molar-refractivity contribution in [1.82, 2.24) is 20.2 Å². The van der Waals surface area contributed by atoms with E-state index < -0.39 is 0 Å². The van der Waals surface area contributed by atoms with Crippen LogP contribution < -0.4 is 5.32 Å². The molecule has 0 saturated carbocycles. The number of aromatic nitrogens is 2. The highest BCUT2D eigenvalue weighted by molar-refractivity contribution is 5.93. The molecule has 2 N–H and O–H groups in total. The maximum absolute atomic E-state index is 12.1. The quantitative estimate of drug-likeness (QED) is 0.857. The fourth-order valence-electron chi connectivity index (χ4n) is 3.28. The van der Waals surface area contributed by atoms with Crippen molar-refractivity contribution in [2.24, 2.45) is 5.41 Å². The third-order valence-corrected chi connectivity index (χ3v) is 4.53. The van der Waals surface area contributed by atoms with Crippen molar-refractivity contribution in [1.29, 1.82) is 0 Å². The normalized spacial score (nSPS) is 26.1. The Morgan fingerprint density at radius 2 is 2.25 bits per heavy atom. The summed E-state index contributed by atoms with van der Waals surface area (Å²) in [5.74, 6) is 0.925. The van der Waals surface area contributed by atoms with Crippen molar-refractivity contribution in [3.8, 4) is 0 Å². The lowest BCUT2D eigenvalue weighted by molar-refractivity contribution is 0.0940. The number of hydrogen-bond acceptors (Lipinski definition) is 3. The minimum absolute atomic E-state index is 0.0344. The molecular weight excluding hydrogens is 252 g/mol. The van der Waals surface area contributed by atoms with Crippen molar-refractivity contribution < 1.29 is 4.79 Å². The van der Waals surface area contributed by atoms with Gasteiger partial charge in [0.05, 0.1) is 0 Å². The lowest BCUT2D eigenvalue weighted by Gasteiger charge is -2.21. The van der Waals surface area contributed by atoms with Crippen LogP contribution in [0.4, 0.5) is 0 Å². The molecule has 0 aliphatic carbocycles. The first-order valence-electron chi connectivity index (χ1n) is 7.51. The number of H-pyrrole nitrogens is 1. The third kappa shape index (κ3) is 2.59. The van der Waals surface area contributed by atoms with E-state index in [0.29, 0.717) is 18.3 Å². The van der Waals surface area contributed by atoms with Crippen LogP contribution in [0.5, 0.6) is 0 Å².